The van der Waals surface area contributed by atoms with Crippen molar-refractivity contribution in [2.45, 2.75) is 4.21 Å². The Morgan fingerprint density at radius 1 is 0.741 bits per heavy atom. The minimum absolute atomic E-state index is 0.0677. The molecule has 0 saturated heterocycles. The molecule has 134 valence electrons. The Hall–Kier alpha value is -3.10. The molecular formula is C19H14N4O2S2. The van der Waals surface area contributed by atoms with E-state index in [9.17, 15) is 8.42 Å². The normalized spacial score (nSPS) is 11.3. The van der Waals surface area contributed by atoms with E-state index in [1.54, 1.807) is 11.4 Å². The molecule has 8 heteroatoms. The van der Waals surface area contributed by atoms with Gasteiger partial charge in [0.25, 0.3) is 16.0 Å². The fourth-order valence-corrected chi connectivity index (χ4v) is 4.48. The van der Waals surface area contributed by atoms with Crippen LogP contribution >= 0.6 is 11.3 Å². The molecule has 0 saturated carbocycles. The van der Waals surface area contributed by atoms with Gasteiger partial charge in [0.2, 0.25) is 0 Å². The minimum Gasteiger partial charge on any atom is -0.245 e. The van der Waals surface area contributed by atoms with Gasteiger partial charge < -0.3 is 0 Å². The Balaban J connectivity index is 1.80. The summed E-state index contributed by atoms with van der Waals surface area (Å²) in [5, 5.41) is 9.94. The van der Waals surface area contributed by atoms with Crippen LogP contribution < -0.4 is 4.72 Å². The third-order valence-electron chi connectivity index (χ3n) is 3.77. The van der Waals surface area contributed by atoms with Gasteiger partial charge in [0.15, 0.2) is 0 Å². The number of benzene rings is 2. The Morgan fingerprint density at radius 3 is 1.96 bits per heavy atom. The highest BCUT2D eigenvalue weighted by Gasteiger charge is 2.19. The molecule has 27 heavy (non-hydrogen) atoms. The second-order valence-electron chi connectivity index (χ2n) is 5.60. The van der Waals surface area contributed by atoms with Crippen LogP contribution in [0.15, 0.2) is 82.4 Å². The fraction of sp³-hybridized carbons (Fsp3) is 0. The van der Waals surface area contributed by atoms with Crippen molar-refractivity contribution in [2.75, 3.05) is 4.72 Å². The first-order chi connectivity index (χ1) is 13.1. The molecule has 0 atom stereocenters. The van der Waals surface area contributed by atoms with Crippen molar-refractivity contribution in [3.8, 4) is 22.5 Å². The summed E-state index contributed by atoms with van der Waals surface area (Å²) < 4.78 is 27.5. The third kappa shape index (κ3) is 3.71. The molecule has 2 heterocycles. The van der Waals surface area contributed by atoms with Crippen LogP contribution in [-0.2, 0) is 10.0 Å². The molecule has 0 bridgehead atoms. The summed E-state index contributed by atoms with van der Waals surface area (Å²) in [6.07, 6.45) is 0. The maximum Gasteiger partial charge on any atom is 0.273 e. The van der Waals surface area contributed by atoms with Crippen LogP contribution in [0.1, 0.15) is 0 Å². The van der Waals surface area contributed by atoms with Gasteiger partial charge in [0, 0.05) is 11.1 Å². The largest absolute Gasteiger partial charge is 0.273 e. The minimum atomic E-state index is -3.74. The van der Waals surface area contributed by atoms with Gasteiger partial charge >= 0.3 is 0 Å². The van der Waals surface area contributed by atoms with Crippen molar-refractivity contribution in [2.24, 2.45) is 0 Å². The summed E-state index contributed by atoms with van der Waals surface area (Å²) in [4.78, 5) is 4.46. The molecule has 0 spiro atoms. The molecular weight excluding hydrogens is 380 g/mol. The molecule has 4 rings (SSSR count). The van der Waals surface area contributed by atoms with E-state index < -0.39 is 10.0 Å². The Kier molecular flexibility index (Phi) is 4.66. The van der Waals surface area contributed by atoms with Gasteiger partial charge in [-0.2, -0.15) is 0 Å². The van der Waals surface area contributed by atoms with Crippen molar-refractivity contribution in [3.05, 3.63) is 78.2 Å². The van der Waals surface area contributed by atoms with E-state index >= 15 is 0 Å². The zero-order chi connectivity index (χ0) is 18.7. The van der Waals surface area contributed by atoms with Crippen LogP contribution in [0.4, 0.5) is 5.95 Å². The zero-order valence-electron chi connectivity index (χ0n) is 14.0. The van der Waals surface area contributed by atoms with E-state index in [0.717, 1.165) is 22.5 Å². The van der Waals surface area contributed by atoms with Crippen molar-refractivity contribution in [1.82, 2.24) is 15.2 Å². The number of sulfonamides is 1. The molecule has 0 unspecified atom stereocenters. The molecule has 0 fully saturated rings. The number of thiophene rings is 1. The predicted molar refractivity (Wildman–Crippen MR) is 106 cm³/mol. The predicted octanol–water partition coefficient (Wildman–Crippen LogP) is 4.07. The number of nitrogens with zero attached hydrogens (tertiary/aromatic N) is 3. The highest BCUT2D eigenvalue weighted by atomic mass is 32.2. The van der Waals surface area contributed by atoms with Crippen LogP contribution in [0.25, 0.3) is 22.5 Å². The summed E-state index contributed by atoms with van der Waals surface area (Å²) in [7, 11) is -3.74. The lowest BCUT2D eigenvalue weighted by Crippen LogP contribution is -2.15. The molecule has 4 aromatic rings. The lowest BCUT2D eigenvalue weighted by atomic mass is 10.0. The van der Waals surface area contributed by atoms with E-state index in [2.05, 4.69) is 19.9 Å². The molecule has 2 aromatic carbocycles. The van der Waals surface area contributed by atoms with Gasteiger partial charge in [-0.15, -0.1) is 21.5 Å². The molecule has 2 aromatic heterocycles. The van der Waals surface area contributed by atoms with E-state index in [0.29, 0.717) is 11.4 Å². The van der Waals surface area contributed by atoms with E-state index in [-0.39, 0.29) is 10.2 Å². The van der Waals surface area contributed by atoms with Gasteiger partial charge in [0.1, 0.15) is 15.6 Å². The van der Waals surface area contributed by atoms with Crippen molar-refractivity contribution in [1.29, 1.82) is 0 Å². The maximum atomic E-state index is 12.5. The number of nitrogens with one attached hydrogen (secondary N) is 1. The van der Waals surface area contributed by atoms with E-state index in [1.807, 2.05) is 60.7 Å². The van der Waals surface area contributed by atoms with Crippen molar-refractivity contribution < 1.29 is 8.42 Å². The molecule has 0 aliphatic carbocycles. The molecule has 0 radical (unpaired) electrons. The first kappa shape index (κ1) is 17.3. The molecule has 6 nitrogen and oxygen atoms in total. The van der Waals surface area contributed by atoms with Crippen molar-refractivity contribution >= 4 is 27.3 Å². The smallest absolute Gasteiger partial charge is 0.245 e. The van der Waals surface area contributed by atoms with Gasteiger partial charge in [-0.25, -0.2) is 18.1 Å². The molecule has 0 aliphatic rings. The van der Waals surface area contributed by atoms with Crippen LogP contribution in [-0.4, -0.2) is 23.6 Å². The van der Waals surface area contributed by atoms with Gasteiger partial charge in [-0.3, -0.25) is 0 Å². The lowest BCUT2D eigenvalue weighted by molar-refractivity contribution is 0.602. The highest BCUT2D eigenvalue weighted by molar-refractivity contribution is 7.94. The zero-order valence-corrected chi connectivity index (χ0v) is 15.6. The van der Waals surface area contributed by atoms with Gasteiger partial charge in [-0.05, 0) is 11.4 Å². The number of aromatic nitrogens is 3. The summed E-state index contributed by atoms with van der Waals surface area (Å²) in [6.45, 7) is 0. The summed E-state index contributed by atoms with van der Waals surface area (Å²) in [6, 6.07) is 22.2. The Bertz CT molecular complexity index is 1150. The average molecular weight is 394 g/mol. The third-order valence-corrected chi connectivity index (χ3v) is 6.49. The second-order valence-corrected chi connectivity index (χ2v) is 8.46. The summed E-state index contributed by atoms with van der Waals surface area (Å²) >= 11 is 1.12. The maximum absolute atomic E-state index is 12.5. The quantitative estimate of drug-likeness (QED) is 0.552. The standard InChI is InChI=1S/C19H14N4O2S2/c24-27(25,16-12-7-13-26-16)23-19-20-17(14-8-3-1-4-9-14)18(21-22-19)15-10-5-2-6-11-15/h1-13H,(H,20,22,23). The number of hydrogen-bond donors (Lipinski definition) is 1. The van der Waals surface area contributed by atoms with Crippen molar-refractivity contribution in [3.63, 3.8) is 0 Å². The average Bonchev–Trinajstić information content (AvgIpc) is 3.25. The monoisotopic (exact) mass is 394 g/mol. The Morgan fingerprint density at radius 2 is 1.37 bits per heavy atom. The Labute approximate surface area is 160 Å². The summed E-state index contributed by atoms with van der Waals surface area (Å²) in [5.74, 6) is -0.0677. The first-order valence-electron chi connectivity index (χ1n) is 8.05. The van der Waals surface area contributed by atoms with Gasteiger partial charge in [-0.1, -0.05) is 66.7 Å². The fourth-order valence-electron chi connectivity index (χ4n) is 2.54. The molecule has 0 aliphatic heterocycles. The van der Waals surface area contributed by atoms with Crippen LogP contribution in [0.5, 0.6) is 0 Å². The van der Waals surface area contributed by atoms with E-state index in [4.69, 9.17) is 0 Å². The number of rotatable bonds is 5. The summed E-state index contributed by atoms with van der Waals surface area (Å²) in [5.41, 5.74) is 2.81. The molecule has 0 amide bonds. The van der Waals surface area contributed by atoms with Crippen LogP contribution in [0, 0.1) is 0 Å². The number of anilines is 1. The lowest BCUT2D eigenvalue weighted by Gasteiger charge is -2.10. The first-order valence-corrected chi connectivity index (χ1v) is 10.4. The van der Waals surface area contributed by atoms with Gasteiger partial charge in [0.05, 0.1) is 0 Å². The SMILES string of the molecule is O=S(=O)(Nc1nnc(-c2ccccc2)c(-c2ccccc2)n1)c1cccs1. The molecule has 1 N–H and O–H groups in total. The van der Waals surface area contributed by atoms with Crippen LogP contribution in [0.2, 0.25) is 0 Å². The van der Waals surface area contributed by atoms with E-state index in [1.165, 1.54) is 6.07 Å². The highest BCUT2D eigenvalue weighted by Crippen LogP contribution is 2.29. The van der Waals surface area contributed by atoms with Crippen LogP contribution in [0.3, 0.4) is 0 Å². The number of hydrogen-bond acceptors (Lipinski definition) is 6. The topological polar surface area (TPSA) is 84.8 Å². The second kappa shape index (κ2) is 7.26.